The molecule has 0 saturated carbocycles. The highest BCUT2D eigenvalue weighted by Gasteiger charge is 2.16. The molecule has 2 aromatic carbocycles. The number of hydrogen-bond acceptors (Lipinski definition) is 4. The number of halogens is 1. The average Bonchev–Trinajstić information content (AvgIpc) is 2.83. The first-order chi connectivity index (χ1) is 11.3. The van der Waals surface area contributed by atoms with Crippen molar-refractivity contribution in [1.82, 2.24) is 9.55 Å². The molecular weight excluding hydrogens is 352 g/mol. The fraction of sp³-hybridized carbons (Fsp3) is 0.125. The molecule has 24 heavy (non-hydrogen) atoms. The number of rotatable bonds is 4. The number of nitrogens with zero attached hydrogens (tertiary/aromatic N) is 2. The van der Waals surface area contributed by atoms with Gasteiger partial charge in [0.2, 0.25) is 0 Å². The van der Waals surface area contributed by atoms with E-state index in [0.717, 1.165) is 6.26 Å². The molecule has 0 aliphatic carbocycles. The van der Waals surface area contributed by atoms with Gasteiger partial charge in [-0.05, 0) is 42.5 Å². The minimum absolute atomic E-state index is 0.190. The number of aliphatic carboxylic acids is 1. The lowest BCUT2D eigenvalue weighted by atomic mass is 10.2. The second-order valence-corrected chi connectivity index (χ2v) is 7.80. The molecule has 0 radical (unpaired) electrons. The van der Waals surface area contributed by atoms with Crippen LogP contribution in [0.15, 0.2) is 47.4 Å². The van der Waals surface area contributed by atoms with Gasteiger partial charge in [0.25, 0.3) is 0 Å². The van der Waals surface area contributed by atoms with E-state index in [1.807, 2.05) is 0 Å². The highest BCUT2D eigenvalue weighted by atomic mass is 35.5. The van der Waals surface area contributed by atoms with Crippen LogP contribution < -0.4 is 0 Å². The molecule has 3 aromatic rings. The minimum Gasteiger partial charge on any atom is -0.480 e. The maximum Gasteiger partial charge on any atom is 0.323 e. The molecule has 0 saturated heterocycles. The number of fused-ring (bicyclic) bond motifs is 1. The number of carboxylic acid groups (broad SMARTS) is 1. The predicted molar refractivity (Wildman–Crippen MR) is 90.9 cm³/mol. The van der Waals surface area contributed by atoms with E-state index < -0.39 is 15.8 Å². The Balaban J connectivity index is 2.19. The first-order valence-corrected chi connectivity index (χ1v) is 9.21. The van der Waals surface area contributed by atoms with E-state index in [4.69, 9.17) is 16.7 Å². The third-order valence-corrected chi connectivity index (χ3v) is 4.91. The molecule has 0 fully saturated rings. The summed E-state index contributed by atoms with van der Waals surface area (Å²) in [7, 11) is -3.30. The molecule has 0 spiro atoms. The summed E-state index contributed by atoms with van der Waals surface area (Å²) in [5.41, 5.74) is 1.84. The van der Waals surface area contributed by atoms with Crippen molar-refractivity contribution in [3.05, 3.63) is 47.5 Å². The third kappa shape index (κ3) is 3.13. The van der Waals surface area contributed by atoms with Crippen molar-refractivity contribution in [3.63, 3.8) is 0 Å². The average molecular weight is 365 g/mol. The summed E-state index contributed by atoms with van der Waals surface area (Å²) < 4.78 is 24.7. The van der Waals surface area contributed by atoms with E-state index in [0.29, 0.717) is 27.4 Å². The van der Waals surface area contributed by atoms with Crippen molar-refractivity contribution in [2.24, 2.45) is 0 Å². The van der Waals surface area contributed by atoms with Crippen LogP contribution in [0.1, 0.15) is 0 Å². The summed E-state index contributed by atoms with van der Waals surface area (Å²) in [6.07, 6.45) is 1.13. The molecule has 1 N–H and O–H groups in total. The quantitative estimate of drug-likeness (QED) is 0.768. The van der Waals surface area contributed by atoms with Gasteiger partial charge in [-0.3, -0.25) is 4.79 Å². The molecule has 0 aliphatic heterocycles. The summed E-state index contributed by atoms with van der Waals surface area (Å²) in [4.78, 5) is 15.8. The van der Waals surface area contributed by atoms with Crippen molar-refractivity contribution >= 4 is 38.4 Å². The Labute approximate surface area is 143 Å². The molecule has 0 aliphatic rings. The smallest absolute Gasteiger partial charge is 0.323 e. The molecule has 124 valence electrons. The number of aromatic nitrogens is 2. The summed E-state index contributed by atoms with van der Waals surface area (Å²) in [6.45, 7) is -0.263. The normalized spacial score (nSPS) is 11.8. The van der Waals surface area contributed by atoms with E-state index in [-0.39, 0.29) is 11.4 Å². The Morgan fingerprint density at radius 2 is 1.88 bits per heavy atom. The monoisotopic (exact) mass is 364 g/mol. The molecule has 8 heteroatoms. The van der Waals surface area contributed by atoms with Crippen molar-refractivity contribution < 1.29 is 18.3 Å². The fourth-order valence-corrected chi connectivity index (χ4v) is 3.27. The van der Waals surface area contributed by atoms with Gasteiger partial charge in [0, 0.05) is 16.8 Å². The topological polar surface area (TPSA) is 89.3 Å². The summed E-state index contributed by atoms with van der Waals surface area (Å²) in [5, 5.41) is 9.67. The Hall–Kier alpha value is -2.38. The van der Waals surface area contributed by atoms with Crippen LogP contribution in [0.3, 0.4) is 0 Å². The number of carbonyl (C=O) groups is 1. The summed E-state index contributed by atoms with van der Waals surface area (Å²) >= 11 is 5.97. The molecule has 1 heterocycles. The van der Waals surface area contributed by atoms with Crippen molar-refractivity contribution in [2.75, 3.05) is 6.26 Å². The number of benzene rings is 2. The highest BCUT2D eigenvalue weighted by Crippen LogP contribution is 2.27. The van der Waals surface area contributed by atoms with Crippen LogP contribution in [0.2, 0.25) is 5.02 Å². The minimum atomic E-state index is -3.30. The molecule has 0 bridgehead atoms. The van der Waals surface area contributed by atoms with E-state index in [2.05, 4.69) is 4.98 Å². The zero-order valence-corrected chi connectivity index (χ0v) is 14.2. The highest BCUT2D eigenvalue weighted by molar-refractivity contribution is 7.90. The van der Waals surface area contributed by atoms with Crippen LogP contribution in [-0.2, 0) is 21.2 Å². The Bertz CT molecular complexity index is 1040. The van der Waals surface area contributed by atoms with Crippen molar-refractivity contribution in [1.29, 1.82) is 0 Å². The lowest BCUT2D eigenvalue weighted by Gasteiger charge is -2.07. The second-order valence-electron chi connectivity index (χ2n) is 5.34. The Morgan fingerprint density at radius 1 is 1.21 bits per heavy atom. The van der Waals surface area contributed by atoms with Gasteiger partial charge in [0.15, 0.2) is 9.84 Å². The van der Waals surface area contributed by atoms with E-state index in [1.54, 1.807) is 34.9 Å². The number of carboxylic acids is 1. The Morgan fingerprint density at radius 3 is 2.46 bits per heavy atom. The lowest BCUT2D eigenvalue weighted by Crippen LogP contribution is -2.10. The molecule has 0 atom stereocenters. The maximum atomic E-state index is 11.6. The maximum absolute atomic E-state index is 11.6. The second kappa shape index (κ2) is 5.92. The molecule has 3 rings (SSSR count). The third-order valence-electron chi connectivity index (χ3n) is 3.54. The SMILES string of the molecule is CS(=O)(=O)c1ccc(-c2nc3cc(Cl)ccc3n2CC(=O)O)cc1. The van der Waals surface area contributed by atoms with Gasteiger partial charge >= 0.3 is 5.97 Å². The standard InChI is InChI=1S/C16H13ClN2O4S/c1-24(22,23)12-5-2-10(3-6-12)16-18-13-8-11(17)4-7-14(13)19(16)9-15(20)21/h2-8H,9H2,1H3,(H,20,21). The van der Waals surface area contributed by atoms with Gasteiger partial charge in [-0.25, -0.2) is 13.4 Å². The first kappa shape index (κ1) is 16.5. The van der Waals surface area contributed by atoms with Crippen molar-refractivity contribution in [2.45, 2.75) is 11.4 Å². The number of sulfone groups is 1. The fourth-order valence-electron chi connectivity index (χ4n) is 2.47. The summed E-state index contributed by atoms with van der Waals surface area (Å²) in [6, 6.07) is 11.2. The number of imidazole rings is 1. The molecule has 6 nitrogen and oxygen atoms in total. The van der Waals surface area contributed by atoms with Crippen LogP contribution in [0.25, 0.3) is 22.4 Å². The first-order valence-electron chi connectivity index (χ1n) is 6.94. The molecule has 0 unspecified atom stereocenters. The zero-order valence-electron chi connectivity index (χ0n) is 12.6. The Kier molecular flexibility index (Phi) is 4.06. The van der Waals surface area contributed by atoms with Gasteiger partial charge in [-0.2, -0.15) is 0 Å². The van der Waals surface area contributed by atoms with Crippen LogP contribution in [0.5, 0.6) is 0 Å². The number of hydrogen-bond donors (Lipinski definition) is 1. The predicted octanol–water partition coefficient (Wildman–Crippen LogP) is 2.84. The van der Waals surface area contributed by atoms with Crippen LogP contribution in [-0.4, -0.2) is 35.3 Å². The molecular formula is C16H13ClN2O4S. The zero-order chi connectivity index (χ0) is 17.5. The van der Waals surface area contributed by atoms with Gasteiger partial charge in [0.1, 0.15) is 12.4 Å². The van der Waals surface area contributed by atoms with Gasteiger partial charge in [-0.15, -0.1) is 0 Å². The van der Waals surface area contributed by atoms with E-state index in [1.165, 1.54) is 12.1 Å². The van der Waals surface area contributed by atoms with E-state index in [9.17, 15) is 13.2 Å². The van der Waals surface area contributed by atoms with E-state index >= 15 is 0 Å². The van der Waals surface area contributed by atoms with Gasteiger partial charge < -0.3 is 9.67 Å². The van der Waals surface area contributed by atoms with Crippen LogP contribution >= 0.6 is 11.6 Å². The van der Waals surface area contributed by atoms with Crippen LogP contribution in [0.4, 0.5) is 0 Å². The van der Waals surface area contributed by atoms with Crippen molar-refractivity contribution in [3.8, 4) is 11.4 Å². The molecule has 0 amide bonds. The summed E-state index contributed by atoms with van der Waals surface area (Å²) in [5.74, 6) is -0.562. The lowest BCUT2D eigenvalue weighted by molar-refractivity contribution is -0.137. The molecule has 1 aromatic heterocycles. The largest absolute Gasteiger partial charge is 0.480 e. The van der Waals surface area contributed by atoms with Crippen LogP contribution in [0, 0.1) is 0 Å². The van der Waals surface area contributed by atoms with Gasteiger partial charge in [-0.1, -0.05) is 11.6 Å². The van der Waals surface area contributed by atoms with Gasteiger partial charge in [0.05, 0.1) is 15.9 Å².